The molecule has 0 fully saturated rings. The first-order valence-electron chi connectivity index (χ1n) is 5.77. The van der Waals surface area contributed by atoms with Crippen LogP contribution < -0.4 is 10.6 Å². The molecule has 0 atom stereocenters. The van der Waals surface area contributed by atoms with Gasteiger partial charge in [-0.3, -0.25) is 4.98 Å². The van der Waals surface area contributed by atoms with Gasteiger partial charge in [0.1, 0.15) is 5.82 Å². The molecule has 0 aromatic carbocycles. The number of anilines is 1. The summed E-state index contributed by atoms with van der Waals surface area (Å²) in [5.41, 5.74) is 7.80. The molecular formula is C12H15N5. The van der Waals surface area contributed by atoms with Gasteiger partial charge in [-0.2, -0.15) is 0 Å². The van der Waals surface area contributed by atoms with Gasteiger partial charge in [-0.25, -0.2) is 4.98 Å². The highest BCUT2D eigenvalue weighted by molar-refractivity contribution is 5.50. The zero-order valence-electron chi connectivity index (χ0n) is 9.58. The van der Waals surface area contributed by atoms with Crippen LogP contribution in [-0.4, -0.2) is 21.1 Å². The van der Waals surface area contributed by atoms with Gasteiger partial charge in [0.25, 0.3) is 0 Å². The molecule has 3 rings (SSSR count). The molecule has 5 heteroatoms. The molecule has 2 aromatic rings. The summed E-state index contributed by atoms with van der Waals surface area (Å²) in [6.45, 7) is 3.24. The topological polar surface area (TPSA) is 60.0 Å². The predicted octanol–water partition coefficient (Wildman–Crippen LogP) is 0.757. The Kier molecular flexibility index (Phi) is 2.53. The molecule has 0 amide bonds. The number of fused-ring (bicyclic) bond motifs is 1. The second kappa shape index (κ2) is 4.18. The van der Waals surface area contributed by atoms with Crippen LogP contribution in [0.15, 0.2) is 30.7 Å². The average molecular weight is 229 g/mol. The molecule has 0 saturated carbocycles. The summed E-state index contributed by atoms with van der Waals surface area (Å²) in [5.74, 6) is 1.10. The molecule has 0 aliphatic carbocycles. The summed E-state index contributed by atoms with van der Waals surface area (Å²) in [5, 5.41) is 0. The Morgan fingerprint density at radius 1 is 1.24 bits per heavy atom. The lowest BCUT2D eigenvalue weighted by Gasteiger charge is -2.30. The SMILES string of the molecule is NCc1ncccc1N1CCn2ccnc2C1. The second-order valence-corrected chi connectivity index (χ2v) is 4.13. The normalized spacial score (nSPS) is 14.8. The average Bonchev–Trinajstić information content (AvgIpc) is 2.85. The maximum absolute atomic E-state index is 5.72. The summed E-state index contributed by atoms with van der Waals surface area (Å²) in [6.07, 6.45) is 5.67. The maximum atomic E-state index is 5.72. The number of hydrogen-bond donors (Lipinski definition) is 1. The Bertz CT molecular complexity index is 519. The third kappa shape index (κ3) is 1.78. The molecule has 1 aliphatic rings. The van der Waals surface area contributed by atoms with Gasteiger partial charge in [0.2, 0.25) is 0 Å². The number of nitrogens with two attached hydrogens (primary N) is 1. The van der Waals surface area contributed by atoms with Crippen LogP contribution in [0.4, 0.5) is 5.69 Å². The third-order valence-electron chi connectivity index (χ3n) is 3.15. The van der Waals surface area contributed by atoms with Crippen LogP contribution in [0.3, 0.4) is 0 Å². The van der Waals surface area contributed by atoms with E-state index in [4.69, 9.17) is 5.73 Å². The van der Waals surface area contributed by atoms with Crippen molar-refractivity contribution in [3.8, 4) is 0 Å². The van der Waals surface area contributed by atoms with Crippen molar-refractivity contribution >= 4 is 5.69 Å². The zero-order chi connectivity index (χ0) is 11.7. The van der Waals surface area contributed by atoms with E-state index in [-0.39, 0.29) is 0 Å². The first-order valence-corrected chi connectivity index (χ1v) is 5.77. The van der Waals surface area contributed by atoms with Crippen molar-refractivity contribution in [2.24, 2.45) is 5.73 Å². The lowest BCUT2D eigenvalue weighted by atomic mass is 10.2. The molecular weight excluding hydrogens is 214 g/mol. The van der Waals surface area contributed by atoms with Crippen LogP contribution in [0.1, 0.15) is 11.5 Å². The first-order chi connectivity index (χ1) is 8.38. The fourth-order valence-corrected chi connectivity index (χ4v) is 2.25. The standard InChI is InChI=1S/C12H15N5/c13-8-10-11(2-1-3-14-10)17-7-6-16-5-4-15-12(16)9-17/h1-5H,6-9,13H2. The van der Waals surface area contributed by atoms with Crippen LogP contribution in [0.2, 0.25) is 0 Å². The van der Waals surface area contributed by atoms with Crippen molar-refractivity contribution in [2.75, 3.05) is 11.4 Å². The highest BCUT2D eigenvalue weighted by Crippen LogP contribution is 2.22. The molecule has 0 saturated heterocycles. The van der Waals surface area contributed by atoms with E-state index in [9.17, 15) is 0 Å². The minimum absolute atomic E-state index is 0.473. The summed E-state index contributed by atoms with van der Waals surface area (Å²) in [4.78, 5) is 11.0. The maximum Gasteiger partial charge on any atom is 0.128 e. The van der Waals surface area contributed by atoms with E-state index >= 15 is 0 Å². The lowest BCUT2D eigenvalue weighted by Crippen LogP contribution is -2.34. The van der Waals surface area contributed by atoms with Crippen LogP contribution in [0.25, 0.3) is 0 Å². The Labute approximate surface area is 99.9 Å². The quantitative estimate of drug-likeness (QED) is 0.825. The molecule has 2 aromatic heterocycles. The molecule has 1 aliphatic heterocycles. The minimum atomic E-state index is 0.473. The van der Waals surface area contributed by atoms with Gasteiger partial charge in [-0.05, 0) is 12.1 Å². The van der Waals surface area contributed by atoms with Gasteiger partial charge in [0, 0.05) is 38.2 Å². The van der Waals surface area contributed by atoms with Crippen LogP contribution >= 0.6 is 0 Å². The van der Waals surface area contributed by atoms with E-state index in [1.165, 1.54) is 0 Å². The van der Waals surface area contributed by atoms with Crippen molar-refractivity contribution < 1.29 is 0 Å². The zero-order valence-corrected chi connectivity index (χ0v) is 9.58. The van der Waals surface area contributed by atoms with Crippen LogP contribution in [-0.2, 0) is 19.6 Å². The lowest BCUT2D eigenvalue weighted by molar-refractivity contribution is 0.558. The Balaban J connectivity index is 1.91. The number of imidazole rings is 1. The predicted molar refractivity (Wildman–Crippen MR) is 65.4 cm³/mol. The monoisotopic (exact) mass is 229 g/mol. The largest absolute Gasteiger partial charge is 0.361 e. The highest BCUT2D eigenvalue weighted by Gasteiger charge is 2.18. The molecule has 2 N–H and O–H groups in total. The van der Waals surface area contributed by atoms with Gasteiger partial charge in [-0.15, -0.1) is 0 Å². The number of pyridine rings is 1. The Morgan fingerprint density at radius 3 is 3.06 bits per heavy atom. The van der Waals surface area contributed by atoms with E-state index in [1.807, 2.05) is 18.5 Å². The summed E-state index contributed by atoms with van der Waals surface area (Å²) in [6, 6.07) is 4.03. The fraction of sp³-hybridized carbons (Fsp3) is 0.333. The Hall–Kier alpha value is -1.88. The number of aromatic nitrogens is 3. The van der Waals surface area contributed by atoms with Crippen molar-refractivity contribution in [1.29, 1.82) is 0 Å². The van der Waals surface area contributed by atoms with E-state index in [0.717, 1.165) is 36.8 Å². The van der Waals surface area contributed by atoms with Crippen molar-refractivity contribution in [1.82, 2.24) is 14.5 Å². The molecule has 0 spiro atoms. The third-order valence-corrected chi connectivity index (χ3v) is 3.15. The fourth-order valence-electron chi connectivity index (χ4n) is 2.25. The molecule has 5 nitrogen and oxygen atoms in total. The van der Waals surface area contributed by atoms with E-state index in [1.54, 1.807) is 6.20 Å². The van der Waals surface area contributed by atoms with Gasteiger partial charge in [-0.1, -0.05) is 0 Å². The van der Waals surface area contributed by atoms with E-state index in [0.29, 0.717) is 6.54 Å². The number of rotatable bonds is 2. The highest BCUT2D eigenvalue weighted by atomic mass is 15.2. The van der Waals surface area contributed by atoms with Gasteiger partial charge >= 0.3 is 0 Å². The molecule has 0 unspecified atom stereocenters. The van der Waals surface area contributed by atoms with Crippen LogP contribution in [0, 0.1) is 0 Å². The van der Waals surface area contributed by atoms with Crippen molar-refractivity contribution in [2.45, 2.75) is 19.6 Å². The Morgan fingerprint density at radius 2 is 2.18 bits per heavy atom. The number of nitrogens with zero attached hydrogens (tertiary/aromatic N) is 4. The van der Waals surface area contributed by atoms with Gasteiger partial charge in [0.15, 0.2) is 0 Å². The molecule has 0 bridgehead atoms. The smallest absolute Gasteiger partial charge is 0.128 e. The van der Waals surface area contributed by atoms with Gasteiger partial charge < -0.3 is 15.2 Å². The summed E-state index contributed by atoms with van der Waals surface area (Å²) in [7, 11) is 0. The summed E-state index contributed by atoms with van der Waals surface area (Å²) >= 11 is 0. The van der Waals surface area contributed by atoms with E-state index < -0.39 is 0 Å². The summed E-state index contributed by atoms with van der Waals surface area (Å²) < 4.78 is 2.19. The van der Waals surface area contributed by atoms with E-state index in [2.05, 4.69) is 25.5 Å². The molecule has 0 radical (unpaired) electrons. The van der Waals surface area contributed by atoms with Crippen LogP contribution in [0.5, 0.6) is 0 Å². The molecule has 3 heterocycles. The first kappa shape index (κ1) is 10.3. The number of hydrogen-bond acceptors (Lipinski definition) is 4. The minimum Gasteiger partial charge on any atom is -0.361 e. The molecule has 17 heavy (non-hydrogen) atoms. The van der Waals surface area contributed by atoms with Crippen molar-refractivity contribution in [3.05, 3.63) is 42.2 Å². The molecule has 88 valence electrons. The second-order valence-electron chi connectivity index (χ2n) is 4.13. The van der Waals surface area contributed by atoms with Crippen molar-refractivity contribution in [3.63, 3.8) is 0 Å². The van der Waals surface area contributed by atoms with Gasteiger partial charge in [0.05, 0.1) is 17.9 Å².